The number of amides is 1. The Kier molecular flexibility index (Phi) is 3.63. The molecule has 6 nitrogen and oxygen atoms in total. The molecule has 0 aromatic carbocycles. The molecule has 0 bridgehead atoms. The quantitative estimate of drug-likeness (QED) is 0.939. The molecular weight excluding hydrogens is 268 g/mol. The molecule has 1 N–H and O–H groups in total. The van der Waals surface area contributed by atoms with Gasteiger partial charge in [-0.05, 0) is 24.8 Å². The number of fused-ring (bicyclic) bond motifs is 1. The van der Waals surface area contributed by atoms with Gasteiger partial charge in [-0.2, -0.15) is 5.10 Å². The summed E-state index contributed by atoms with van der Waals surface area (Å²) >= 11 is 0. The Balaban J connectivity index is 1.78. The summed E-state index contributed by atoms with van der Waals surface area (Å²) in [5.41, 5.74) is 0.877. The van der Waals surface area contributed by atoms with Gasteiger partial charge in [0, 0.05) is 31.0 Å². The van der Waals surface area contributed by atoms with Gasteiger partial charge in [-0.15, -0.1) is 0 Å². The number of aromatic nitrogens is 3. The van der Waals surface area contributed by atoms with Crippen molar-refractivity contribution in [2.75, 3.05) is 18.5 Å². The Morgan fingerprint density at radius 3 is 2.95 bits per heavy atom. The molecule has 2 aromatic heterocycles. The number of anilines is 1. The Labute approximate surface area is 123 Å². The molecule has 1 saturated heterocycles. The number of hydrogen-bond donors (Lipinski definition) is 1. The van der Waals surface area contributed by atoms with Crippen LogP contribution in [0.15, 0.2) is 24.7 Å². The molecule has 6 heteroatoms. The summed E-state index contributed by atoms with van der Waals surface area (Å²) in [5, 5.41) is 7.16. The largest absolute Gasteiger partial charge is 0.381 e. The van der Waals surface area contributed by atoms with Gasteiger partial charge < -0.3 is 10.1 Å². The maximum atomic E-state index is 12.7. The van der Waals surface area contributed by atoms with Crippen molar-refractivity contribution < 1.29 is 9.53 Å². The van der Waals surface area contributed by atoms with E-state index in [-0.39, 0.29) is 5.91 Å². The number of ether oxygens (including phenoxy) is 1. The SMILES string of the molecule is CC(C)(C(=O)Nc1cnn2cccnc12)C1CCOCC1. The van der Waals surface area contributed by atoms with E-state index in [9.17, 15) is 4.79 Å². The minimum absolute atomic E-state index is 0.00922. The van der Waals surface area contributed by atoms with E-state index in [4.69, 9.17) is 4.74 Å². The zero-order valence-corrected chi connectivity index (χ0v) is 12.4. The van der Waals surface area contributed by atoms with Crippen LogP contribution in [-0.2, 0) is 9.53 Å². The minimum Gasteiger partial charge on any atom is -0.381 e. The first kappa shape index (κ1) is 14.0. The van der Waals surface area contributed by atoms with Crippen LogP contribution in [-0.4, -0.2) is 33.7 Å². The van der Waals surface area contributed by atoms with Crippen LogP contribution in [0.3, 0.4) is 0 Å². The predicted molar refractivity (Wildman–Crippen MR) is 78.9 cm³/mol. The number of rotatable bonds is 3. The lowest BCUT2D eigenvalue weighted by Crippen LogP contribution is -2.40. The molecule has 3 heterocycles. The topological polar surface area (TPSA) is 68.5 Å². The van der Waals surface area contributed by atoms with Gasteiger partial charge in [-0.3, -0.25) is 4.79 Å². The standard InChI is InChI=1S/C15H20N4O2/c1-15(2,11-4-8-21-9-5-11)14(20)18-12-10-17-19-7-3-6-16-13(12)19/h3,6-7,10-11H,4-5,8-9H2,1-2H3,(H,18,20). The second kappa shape index (κ2) is 5.44. The van der Waals surface area contributed by atoms with E-state index >= 15 is 0 Å². The summed E-state index contributed by atoms with van der Waals surface area (Å²) in [5.74, 6) is 0.344. The van der Waals surface area contributed by atoms with Crippen molar-refractivity contribution >= 4 is 17.2 Å². The highest BCUT2D eigenvalue weighted by Gasteiger charge is 2.37. The third kappa shape index (κ3) is 2.63. The van der Waals surface area contributed by atoms with Crippen LogP contribution in [0.4, 0.5) is 5.69 Å². The molecule has 21 heavy (non-hydrogen) atoms. The number of nitrogens with zero attached hydrogens (tertiary/aromatic N) is 3. The van der Waals surface area contributed by atoms with Crippen molar-refractivity contribution in [3.05, 3.63) is 24.7 Å². The summed E-state index contributed by atoms with van der Waals surface area (Å²) in [7, 11) is 0. The van der Waals surface area contributed by atoms with Crippen LogP contribution in [0, 0.1) is 11.3 Å². The van der Waals surface area contributed by atoms with Crippen molar-refractivity contribution in [2.45, 2.75) is 26.7 Å². The fourth-order valence-electron chi connectivity index (χ4n) is 2.80. The molecule has 1 amide bonds. The molecule has 2 aromatic rings. The van der Waals surface area contributed by atoms with Crippen LogP contribution in [0.5, 0.6) is 0 Å². The second-order valence-electron chi connectivity index (χ2n) is 6.01. The first-order valence-corrected chi connectivity index (χ1v) is 7.26. The summed E-state index contributed by atoms with van der Waals surface area (Å²) in [6, 6.07) is 1.80. The summed E-state index contributed by atoms with van der Waals surface area (Å²) in [6.07, 6.45) is 6.99. The van der Waals surface area contributed by atoms with Gasteiger partial charge in [0.15, 0.2) is 5.65 Å². The van der Waals surface area contributed by atoms with E-state index < -0.39 is 5.41 Å². The molecule has 0 unspecified atom stereocenters. The van der Waals surface area contributed by atoms with Crippen molar-refractivity contribution in [1.82, 2.24) is 14.6 Å². The molecule has 0 atom stereocenters. The molecule has 1 aliphatic rings. The lowest BCUT2D eigenvalue weighted by atomic mass is 9.74. The molecule has 1 aliphatic heterocycles. The molecule has 3 rings (SSSR count). The molecule has 112 valence electrons. The van der Waals surface area contributed by atoms with Crippen LogP contribution >= 0.6 is 0 Å². The third-order valence-electron chi connectivity index (χ3n) is 4.35. The number of nitrogens with one attached hydrogen (secondary N) is 1. The fraction of sp³-hybridized carbons (Fsp3) is 0.533. The van der Waals surface area contributed by atoms with E-state index in [1.807, 2.05) is 20.0 Å². The Morgan fingerprint density at radius 2 is 2.19 bits per heavy atom. The van der Waals surface area contributed by atoms with Crippen molar-refractivity contribution in [3.63, 3.8) is 0 Å². The van der Waals surface area contributed by atoms with Gasteiger partial charge in [-0.25, -0.2) is 9.50 Å². The summed E-state index contributed by atoms with van der Waals surface area (Å²) in [4.78, 5) is 16.9. The van der Waals surface area contributed by atoms with E-state index in [0.717, 1.165) is 26.1 Å². The van der Waals surface area contributed by atoms with Crippen molar-refractivity contribution in [1.29, 1.82) is 0 Å². The predicted octanol–water partition coefficient (Wildman–Crippen LogP) is 2.12. The highest BCUT2D eigenvalue weighted by atomic mass is 16.5. The lowest BCUT2D eigenvalue weighted by Gasteiger charge is -2.35. The Bertz CT molecular complexity index is 644. The Hall–Kier alpha value is -1.95. The van der Waals surface area contributed by atoms with Gasteiger partial charge >= 0.3 is 0 Å². The highest BCUT2D eigenvalue weighted by molar-refractivity contribution is 5.97. The number of carbonyl (C=O) groups is 1. The van der Waals surface area contributed by atoms with Crippen LogP contribution in [0.2, 0.25) is 0 Å². The zero-order valence-electron chi connectivity index (χ0n) is 12.4. The average molecular weight is 288 g/mol. The molecule has 1 fully saturated rings. The van der Waals surface area contributed by atoms with Crippen molar-refractivity contribution in [3.8, 4) is 0 Å². The van der Waals surface area contributed by atoms with E-state index in [2.05, 4.69) is 15.4 Å². The number of hydrogen-bond acceptors (Lipinski definition) is 4. The minimum atomic E-state index is -0.438. The van der Waals surface area contributed by atoms with Gasteiger partial charge in [0.25, 0.3) is 0 Å². The zero-order chi connectivity index (χ0) is 14.9. The molecule has 0 radical (unpaired) electrons. The first-order valence-electron chi connectivity index (χ1n) is 7.26. The van der Waals surface area contributed by atoms with Gasteiger partial charge in [0.2, 0.25) is 5.91 Å². The average Bonchev–Trinajstić information content (AvgIpc) is 2.91. The molecular formula is C15H20N4O2. The van der Waals surface area contributed by atoms with Gasteiger partial charge in [0.05, 0.1) is 6.20 Å². The third-order valence-corrected chi connectivity index (χ3v) is 4.35. The van der Waals surface area contributed by atoms with Crippen LogP contribution in [0.25, 0.3) is 5.65 Å². The Morgan fingerprint density at radius 1 is 1.43 bits per heavy atom. The maximum Gasteiger partial charge on any atom is 0.230 e. The summed E-state index contributed by atoms with van der Waals surface area (Å²) < 4.78 is 7.03. The maximum absolute atomic E-state index is 12.7. The van der Waals surface area contributed by atoms with Gasteiger partial charge in [-0.1, -0.05) is 13.8 Å². The van der Waals surface area contributed by atoms with Crippen LogP contribution < -0.4 is 5.32 Å². The fourth-order valence-corrected chi connectivity index (χ4v) is 2.80. The molecule has 0 aliphatic carbocycles. The second-order valence-corrected chi connectivity index (χ2v) is 6.01. The first-order chi connectivity index (χ1) is 10.1. The van der Waals surface area contributed by atoms with E-state index in [0.29, 0.717) is 17.3 Å². The van der Waals surface area contributed by atoms with E-state index in [1.54, 1.807) is 23.0 Å². The molecule has 0 spiro atoms. The monoisotopic (exact) mass is 288 g/mol. The highest BCUT2D eigenvalue weighted by Crippen LogP contribution is 2.35. The molecule has 0 saturated carbocycles. The normalized spacial score (nSPS) is 17.0. The van der Waals surface area contributed by atoms with Crippen molar-refractivity contribution in [2.24, 2.45) is 11.3 Å². The lowest BCUT2D eigenvalue weighted by molar-refractivity contribution is -0.128. The summed E-state index contributed by atoms with van der Waals surface area (Å²) in [6.45, 7) is 5.47. The van der Waals surface area contributed by atoms with Crippen LogP contribution in [0.1, 0.15) is 26.7 Å². The number of carbonyl (C=O) groups excluding carboxylic acids is 1. The van der Waals surface area contributed by atoms with E-state index in [1.165, 1.54) is 0 Å². The van der Waals surface area contributed by atoms with Gasteiger partial charge in [0.1, 0.15) is 5.69 Å². The smallest absolute Gasteiger partial charge is 0.230 e.